The van der Waals surface area contributed by atoms with Crippen molar-refractivity contribution in [3.8, 4) is 11.5 Å². The van der Waals surface area contributed by atoms with Crippen molar-refractivity contribution in [2.45, 2.75) is 37.6 Å². The van der Waals surface area contributed by atoms with Gasteiger partial charge in [0.15, 0.2) is 12.2 Å². The highest BCUT2D eigenvalue weighted by molar-refractivity contribution is 7.79. The van der Waals surface area contributed by atoms with Gasteiger partial charge in [-0.05, 0) is 43.3 Å². The number of rotatable bonds is 5. The summed E-state index contributed by atoms with van der Waals surface area (Å²) in [6, 6.07) is 10.2. The molecule has 0 bridgehead atoms. The minimum atomic E-state index is -1.46. The number of hydrogen-bond acceptors (Lipinski definition) is 9. The molecule has 2 aromatic rings. The predicted octanol–water partition coefficient (Wildman–Crippen LogP) is 2.33. The summed E-state index contributed by atoms with van der Waals surface area (Å²) in [5, 5.41) is 31.2. The zero-order valence-electron chi connectivity index (χ0n) is 15.6. The molecule has 5 atom stereocenters. The van der Waals surface area contributed by atoms with Gasteiger partial charge in [-0.1, -0.05) is 0 Å². The minimum absolute atomic E-state index is 0.126. The minimum Gasteiger partial charge on any atom is -0.462 e. The molecule has 0 saturated carbocycles. The van der Waals surface area contributed by atoms with Crippen LogP contribution in [0.1, 0.15) is 6.92 Å². The van der Waals surface area contributed by atoms with Crippen LogP contribution in [-0.2, 0) is 9.47 Å². The van der Waals surface area contributed by atoms with Crippen LogP contribution in [0.2, 0.25) is 0 Å². The fourth-order valence-corrected chi connectivity index (χ4v) is 2.96. The number of hydrogen-bond donors (Lipinski definition) is 2. The zero-order valence-corrected chi connectivity index (χ0v) is 16.4. The van der Waals surface area contributed by atoms with Crippen molar-refractivity contribution in [3.05, 3.63) is 64.5 Å². The lowest BCUT2D eigenvalue weighted by Gasteiger charge is -2.40. The van der Waals surface area contributed by atoms with Gasteiger partial charge in [-0.2, -0.15) is 0 Å². The summed E-state index contributed by atoms with van der Waals surface area (Å²) in [5.74, 6) is -0.0347. The van der Waals surface area contributed by atoms with Crippen LogP contribution < -0.4 is 9.47 Å². The van der Waals surface area contributed by atoms with Gasteiger partial charge < -0.3 is 29.2 Å². The molecule has 11 heteroatoms. The second-order valence-corrected chi connectivity index (χ2v) is 6.78. The summed E-state index contributed by atoms with van der Waals surface area (Å²) in [7, 11) is 0. The predicted molar refractivity (Wildman–Crippen MR) is 105 cm³/mol. The van der Waals surface area contributed by atoms with Crippen molar-refractivity contribution < 1.29 is 38.5 Å². The molecule has 0 aromatic heterocycles. The van der Waals surface area contributed by atoms with E-state index in [1.165, 1.54) is 48.5 Å². The number of thiocarbonyl (C=S) groups is 1. The van der Waals surface area contributed by atoms with Crippen molar-refractivity contribution in [1.29, 1.82) is 0 Å². The molecule has 0 amide bonds. The number of benzene rings is 2. The molecule has 2 aromatic carbocycles. The summed E-state index contributed by atoms with van der Waals surface area (Å²) < 4.78 is 34.7. The van der Waals surface area contributed by atoms with Gasteiger partial charge in [-0.25, -0.2) is 4.39 Å². The fraction of sp³-hybridized carbons (Fsp3) is 0.316. The van der Waals surface area contributed by atoms with Gasteiger partial charge in [0.05, 0.1) is 11.0 Å². The van der Waals surface area contributed by atoms with Crippen LogP contribution >= 0.6 is 12.2 Å². The summed E-state index contributed by atoms with van der Waals surface area (Å²) >= 11 is 5.00. The van der Waals surface area contributed by atoms with E-state index in [0.29, 0.717) is 0 Å². The topological polar surface area (TPSA) is 121 Å². The maximum Gasteiger partial charge on any atom is 0.358 e. The van der Waals surface area contributed by atoms with Gasteiger partial charge in [0.25, 0.3) is 5.69 Å². The van der Waals surface area contributed by atoms with Gasteiger partial charge in [-0.3, -0.25) is 10.1 Å². The van der Waals surface area contributed by atoms with Crippen LogP contribution in [0.3, 0.4) is 0 Å². The largest absolute Gasteiger partial charge is 0.462 e. The highest BCUT2D eigenvalue weighted by Gasteiger charge is 2.46. The van der Waals surface area contributed by atoms with Crippen LogP contribution in [0, 0.1) is 15.9 Å². The molecule has 30 heavy (non-hydrogen) atoms. The van der Waals surface area contributed by atoms with E-state index in [4.69, 9.17) is 31.2 Å². The molecule has 0 aliphatic carbocycles. The molecule has 0 radical (unpaired) electrons. The number of nitrogens with zero attached hydrogens (tertiary/aromatic N) is 1. The summed E-state index contributed by atoms with van der Waals surface area (Å²) in [5.41, 5.74) is -0.126. The Kier molecular flexibility index (Phi) is 6.77. The van der Waals surface area contributed by atoms with Gasteiger partial charge in [-0.15, -0.1) is 0 Å². The normalized spacial score (nSPS) is 25.9. The number of ether oxygens (including phenoxy) is 4. The van der Waals surface area contributed by atoms with Crippen LogP contribution in [0.4, 0.5) is 10.1 Å². The molecule has 1 saturated heterocycles. The first-order chi connectivity index (χ1) is 14.2. The molecule has 1 aliphatic rings. The Morgan fingerprint density at radius 3 is 2.30 bits per heavy atom. The third-order valence-electron chi connectivity index (χ3n) is 4.33. The van der Waals surface area contributed by atoms with Crippen LogP contribution in [0.15, 0.2) is 48.5 Å². The van der Waals surface area contributed by atoms with Crippen molar-refractivity contribution in [1.82, 2.24) is 0 Å². The molecule has 3 rings (SSSR count). The molecular weight excluding hydrogens is 421 g/mol. The van der Waals surface area contributed by atoms with Gasteiger partial charge in [0.1, 0.15) is 23.4 Å². The first kappa shape index (κ1) is 21.8. The Labute approximate surface area is 175 Å². The monoisotopic (exact) mass is 439 g/mol. The number of aliphatic hydroxyl groups excluding tert-OH is 2. The average Bonchev–Trinajstić information content (AvgIpc) is 2.71. The van der Waals surface area contributed by atoms with E-state index in [-0.39, 0.29) is 17.2 Å². The number of nitro benzene ring substituents is 1. The van der Waals surface area contributed by atoms with Gasteiger partial charge in [0, 0.05) is 24.4 Å². The van der Waals surface area contributed by atoms with E-state index in [0.717, 1.165) is 0 Å². The molecule has 1 aliphatic heterocycles. The number of nitro groups is 1. The van der Waals surface area contributed by atoms with E-state index < -0.39 is 46.7 Å². The number of non-ortho nitro benzene ring substituents is 1. The Balaban J connectivity index is 1.65. The first-order valence-corrected chi connectivity index (χ1v) is 9.22. The maximum absolute atomic E-state index is 13.1. The zero-order chi connectivity index (χ0) is 21.8. The van der Waals surface area contributed by atoms with Crippen molar-refractivity contribution in [3.63, 3.8) is 0 Å². The Morgan fingerprint density at radius 1 is 1.10 bits per heavy atom. The Bertz CT molecular complexity index is 894. The second-order valence-electron chi connectivity index (χ2n) is 6.45. The van der Waals surface area contributed by atoms with Gasteiger partial charge in [0.2, 0.25) is 6.29 Å². The lowest BCUT2D eigenvalue weighted by atomic mass is 10.00. The Morgan fingerprint density at radius 2 is 1.70 bits per heavy atom. The maximum atomic E-state index is 13.1. The molecule has 0 unspecified atom stereocenters. The van der Waals surface area contributed by atoms with E-state index in [2.05, 4.69) is 0 Å². The third-order valence-corrected chi connectivity index (χ3v) is 4.51. The average molecular weight is 439 g/mol. The lowest BCUT2D eigenvalue weighted by Crippen LogP contribution is -2.59. The van der Waals surface area contributed by atoms with Crippen molar-refractivity contribution >= 4 is 23.1 Å². The van der Waals surface area contributed by atoms with E-state index in [1.807, 2.05) is 0 Å². The third kappa shape index (κ3) is 5.19. The second kappa shape index (κ2) is 9.30. The smallest absolute Gasteiger partial charge is 0.358 e. The van der Waals surface area contributed by atoms with E-state index >= 15 is 0 Å². The molecule has 1 heterocycles. The molecule has 1 fully saturated rings. The SMILES string of the molecule is C[C@@H]1O[C@H](Oc2ccc(F)cc2)[C@H](O)[C@H](OC(=S)Oc2ccc([N+](=O)[O-])cc2)[C@H]1O. The van der Waals surface area contributed by atoms with Gasteiger partial charge >= 0.3 is 5.24 Å². The molecule has 160 valence electrons. The fourth-order valence-electron chi connectivity index (χ4n) is 2.75. The highest BCUT2D eigenvalue weighted by Crippen LogP contribution is 2.27. The standard InChI is InChI=1S/C19H18FNO8S/c1-10-15(22)17(16(23)18(26-10)27-13-6-2-11(20)3-7-13)29-19(30)28-14-8-4-12(5-9-14)21(24)25/h2-10,15-18,22-23H,1H3/t10-,15-,16+,17+,18+/m0/s1. The molecule has 9 nitrogen and oxygen atoms in total. The van der Waals surface area contributed by atoms with Crippen molar-refractivity contribution in [2.24, 2.45) is 0 Å². The molecular formula is C19H18FNO8S. The molecule has 2 N–H and O–H groups in total. The van der Waals surface area contributed by atoms with Crippen molar-refractivity contribution in [2.75, 3.05) is 0 Å². The molecule has 0 spiro atoms. The Hall–Kier alpha value is -2.86. The first-order valence-electron chi connectivity index (χ1n) is 8.81. The van der Waals surface area contributed by atoms with Crippen LogP contribution in [0.25, 0.3) is 0 Å². The van der Waals surface area contributed by atoms with E-state index in [9.17, 15) is 24.7 Å². The van der Waals surface area contributed by atoms with Crippen LogP contribution in [-0.4, -0.2) is 51.1 Å². The van der Waals surface area contributed by atoms with E-state index in [1.54, 1.807) is 6.92 Å². The summed E-state index contributed by atoms with van der Waals surface area (Å²) in [4.78, 5) is 10.1. The number of halogens is 1. The quantitative estimate of drug-likeness (QED) is 0.411. The summed E-state index contributed by atoms with van der Waals surface area (Å²) in [6.45, 7) is 1.55. The highest BCUT2D eigenvalue weighted by atomic mass is 32.1. The lowest BCUT2D eigenvalue weighted by molar-refractivity contribution is -0.384. The summed E-state index contributed by atoms with van der Waals surface area (Å²) in [6.07, 6.45) is -5.97. The number of aliphatic hydroxyl groups is 2. The van der Waals surface area contributed by atoms with Crippen LogP contribution in [0.5, 0.6) is 11.5 Å².